The second-order valence-corrected chi connectivity index (χ2v) is 12.6. The van der Waals surface area contributed by atoms with Crippen molar-refractivity contribution in [3.05, 3.63) is 0 Å². The number of hydrogen-bond acceptors (Lipinski definition) is 6. The topological polar surface area (TPSA) is 55.4 Å². The average molecular weight is 485 g/mol. The molecule has 0 aromatic heterocycles. The summed E-state index contributed by atoms with van der Waals surface area (Å²) in [6.07, 6.45) is 7.08. The first-order valence-electron chi connectivity index (χ1n) is 13.8. The Morgan fingerprint density at radius 2 is 0.735 bits per heavy atom. The lowest BCUT2D eigenvalue weighted by molar-refractivity contribution is -0.142. The maximum atomic E-state index is 6.30. The third kappa shape index (κ3) is 9.01. The van der Waals surface area contributed by atoms with Gasteiger partial charge in [0.05, 0.1) is 77.3 Å². The summed E-state index contributed by atoms with van der Waals surface area (Å²) in [5.74, 6) is 1.30. The number of ether oxygens (including phenoxy) is 6. The highest BCUT2D eigenvalue weighted by molar-refractivity contribution is 4.88. The first kappa shape index (κ1) is 28.3. The van der Waals surface area contributed by atoms with Crippen molar-refractivity contribution >= 4 is 0 Å². The molecule has 0 bridgehead atoms. The molecule has 1 saturated heterocycles. The van der Waals surface area contributed by atoms with Crippen LogP contribution in [0.1, 0.15) is 80.1 Å². The van der Waals surface area contributed by atoms with Crippen LogP contribution in [0.5, 0.6) is 0 Å². The number of fused-ring (bicyclic) bond motifs is 2. The van der Waals surface area contributed by atoms with E-state index in [1.807, 2.05) is 0 Å². The maximum absolute atomic E-state index is 6.30. The van der Waals surface area contributed by atoms with Gasteiger partial charge < -0.3 is 28.4 Å². The minimum Gasteiger partial charge on any atom is -0.377 e. The van der Waals surface area contributed by atoms with Crippen LogP contribution < -0.4 is 0 Å². The van der Waals surface area contributed by atoms with E-state index < -0.39 is 0 Å². The first-order valence-corrected chi connectivity index (χ1v) is 13.8. The highest BCUT2D eigenvalue weighted by Crippen LogP contribution is 2.41. The summed E-state index contributed by atoms with van der Waals surface area (Å²) in [5.41, 5.74) is 0.584. The molecule has 1 heterocycles. The molecule has 0 amide bonds. The van der Waals surface area contributed by atoms with E-state index in [0.717, 1.165) is 25.7 Å². The molecule has 6 atom stereocenters. The van der Waals surface area contributed by atoms with Crippen molar-refractivity contribution in [2.24, 2.45) is 22.7 Å². The number of rotatable bonds is 0. The Morgan fingerprint density at radius 3 is 1.06 bits per heavy atom. The molecule has 0 aromatic carbocycles. The van der Waals surface area contributed by atoms with Gasteiger partial charge in [-0.15, -0.1) is 0 Å². The fraction of sp³-hybridized carbons (Fsp3) is 1.00. The predicted octanol–water partition coefficient (Wildman–Crippen LogP) is 5.27. The molecular weight excluding hydrogens is 432 g/mol. The van der Waals surface area contributed by atoms with Gasteiger partial charge in [-0.2, -0.15) is 0 Å². The van der Waals surface area contributed by atoms with E-state index in [4.69, 9.17) is 28.4 Å². The van der Waals surface area contributed by atoms with Gasteiger partial charge in [0, 0.05) is 0 Å². The SMILES string of the molecule is CC(C)(C)[C@@H]1CC[C@H]2OCCOCCO[C@@H]3CC[C@H](C(C)(C)C)C[C@H]3OCCOCCO[C@H]2C1. The van der Waals surface area contributed by atoms with Gasteiger partial charge in [-0.25, -0.2) is 0 Å². The Morgan fingerprint density at radius 1 is 0.412 bits per heavy atom. The van der Waals surface area contributed by atoms with Crippen LogP contribution in [0.3, 0.4) is 0 Å². The Bertz CT molecular complexity index is 520. The zero-order valence-corrected chi connectivity index (χ0v) is 22.8. The van der Waals surface area contributed by atoms with Crippen LogP contribution in [0, 0.1) is 22.7 Å². The highest BCUT2D eigenvalue weighted by atomic mass is 16.6. The summed E-state index contributed by atoms with van der Waals surface area (Å²) in [4.78, 5) is 0. The van der Waals surface area contributed by atoms with Crippen molar-refractivity contribution in [1.82, 2.24) is 0 Å². The lowest BCUT2D eigenvalue weighted by Gasteiger charge is -2.41. The summed E-state index contributed by atoms with van der Waals surface area (Å²) in [6.45, 7) is 18.8. The van der Waals surface area contributed by atoms with Gasteiger partial charge in [-0.05, 0) is 61.2 Å². The van der Waals surface area contributed by atoms with Crippen LogP contribution in [0.4, 0.5) is 0 Å². The van der Waals surface area contributed by atoms with Crippen LogP contribution in [0.2, 0.25) is 0 Å². The largest absolute Gasteiger partial charge is 0.377 e. The molecule has 2 aliphatic carbocycles. The highest BCUT2D eigenvalue weighted by Gasteiger charge is 2.38. The molecule has 3 fully saturated rings. The van der Waals surface area contributed by atoms with Crippen LogP contribution in [-0.2, 0) is 28.4 Å². The van der Waals surface area contributed by atoms with Crippen LogP contribution in [0.25, 0.3) is 0 Å². The van der Waals surface area contributed by atoms with E-state index in [9.17, 15) is 0 Å². The molecule has 0 unspecified atom stereocenters. The Hall–Kier alpha value is -0.240. The van der Waals surface area contributed by atoms with E-state index in [2.05, 4.69) is 41.5 Å². The molecule has 3 aliphatic rings. The van der Waals surface area contributed by atoms with Gasteiger partial charge in [0.15, 0.2) is 0 Å². The fourth-order valence-corrected chi connectivity index (χ4v) is 5.75. The predicted molar refractivity (Wildman–Crippen MR) is 134 cm³/mol. The standard InChI is InChI=1S/C28H52O6/c1-27(2,3)21-7-9-23-25(19-21)33-17-13-30-14-18-34-26-20-22(28(4,5)6)8-10-24(26)32-16-12-29-11-15-31-23/h21-26H,7-20H2,1-6H3/t21-,22+,23-,24-,25+,26-/m1/s1. The zero-order valence-electron chi connectivity index (χ0n) is 22.8. The average Bonchev–Trinajstić information content (AvgIpc) is 2.77. The van der Waals surface area contributed by atoms with Crippen LogP contribution in [0.15, 0.2) is 0 Å². The molecule has 1 aliphatic heterocycles. The molecule has 0 aromatic rings. The molecule has 0 radical (unpaired) electrons. The molecule has 200 valence electrons. The summed E-state index contributed by atoms with van der Waals surface area (Å²) in [7, 11) is 0. The van der Waals surface area contributed by atoms with E-state index >= 15 is 0 Å². The quantitative estimate of drug-likeness (QED) is 0.467. The van der Waals surface area contributed by atoms with E-state index in [1.165, 1.54) is 12.8 Å². The fourth-order valence-electron chi connectivity index (χ4n) is 5.75. The van der Waals surface area contributed by atoms with Crippen LogP contribution >= 0.6 is 0 Å². The molecule has 6 nitrogen and oxygen atoms in total. The Labute approximate surface area is 208 Å². The summed E-state index contributed by atoms with van der Waals surface area (Å²) < 4.78 is 36.8. The molecular formula is C28H52O6. The van der Waals surface area contributed by atoms with E-state index in [1.54, 1.807) is 0 Å². The minimum atomic E-state index is 0.123. The van der Waals surface area contributed by atoms with Crippen molar-refractivity contribution < 1.29 is 28.4 Å². The monoisotopic (exact) mass is 484 g/mol. The van der Waals surface area contributed by atoms with Crippen molar-refractivity contribution in [2.75, 3.05) is 52.9 Å². The lowest BCUT2D eigenvalue weighted by Crippen LogP contribution is -2.43. The van der Waals surface area contributed by atoms with Crippen molar-refractivity contribution in [1.29, 1.82) is 0 Å². The second-order valence-electron chi connectivity index (χ2n) is 12.6. The van der Waals surface area contributed by atoms with Gasteiger partial charge in [0.25, 0.3) is 0 Å². The first-order chi connectivity index (χ1) is 16.1. The smallest absolute Gasteiger partial charge is 0.0840 e. The molecule has 34 heavy (non-hydrogen) atoms. The van der Waals surface area contributed by atoms with Crippen molar-refractivity contribution in [2.45, 2.75) is 104 Å². The maximum Gasteiger partial charge on any atom is 0.0840 e. The minimum absolute atomic E-state index is 0.123. The molecule has 3 rings (SSSR count). The summed E-state index contributed by atoms with van der Waals surface area (Å²) in [6, 6.07) is 0. The van der Waals surface area contributed by atoms with E-state index in [-0.39, 0.29) is 24.4 Å². The summed E-state index contributed by atoms with van der Waals surface area (Å²) in [5, 5.41) is 0. The van der Waals surface area contributed by atoms with Crippen molar-refractivity contribution in [3.8, 4) is 0 Å². The Balaban J connectivity index is 1.52. The van der Waals surface area contributed by atoms with Gasteiger partial charge in [-0.3, -0.25) is 0 Å². The summed E-state index contributed by atoms with van der Waals surface area (Å²) >= 11 is 0. The second kappa shape index (κ2) is 13.3. The third-order valence-corrected chi connectivity index (χ3v) is 8.15. The normalized spacial score (nSPS) is 36.5. The van der Waals surface area contributed by atoms with Gasteiger partial charge in [-0.1, -0.05) is 41.5 Å². The van der Waals surface area contributed by atoms with Gasteiger partial charge >= 0.3 is 0 Å². The molecule has 0 spiro atoms. The Kier molecular flexibility index (Phi) is 11.1. The molecule has 0 N–H and O–H groups in total. The van der Waals surface area contributed by atoms with Crippen LogP contribution in [-0.4, -0.2) is 77.3 Å². The molecule has 2 saturated carbocycles. The van der Waals surface area contributed by atoms with Gasteiger partial charge in [0.2, 0.25) is 0 Å². The van der Waals surface area contributed by atoms with Gasteiger partial charge in [0.1, 0.15) is 0 Å². The zero-order chi connectivity index (χ0) is 24.6. The third-order valence-electron chi connectivity index (χ3n) is 8.15. The molecule has 6 heteroatoms. The van der Waals surface area contributed by atoms with Crippen molar-refractivity contribution in [3.63, 3.8) is 0 Å². The lowest BCUT2D eigenvalue weighted by atomic mass is 9.71. The number of hydrogen-bond donors (Lipinski definition) is 0. The van der Waals surface area contributed by atoms with E-state index in [0.29, 0.717) is 75.5 Å².